The van der Waals surface area contributed by atoms with Gasteiger partial charge in [-0.05, 0) is 0 Å². The molecule has 1 heterocycles. The number of amides is 2. The highest BCUT2D eigenvalue weighted by atomic mass is 32.1. The SMILES string of the molecule is CC(CN(C)C(=O)NCCc1nc(C(F)(F)F)cs1)C(=O)O. The van der Waals surface area contributed by atoms with Crippen molar-refractivity contribution in [3.8, 4) is 0 Å². The fraction of sp³-hybridized carbons (Fsp3) is 0.583. The first kappa shape index (κ1) is 18.2. The van der Waals surface area contributed by atoms with Crippen LogP contribution in [0.1, 0.15) is 17.6 Å². The van der Waals surface area contributed by atoms with E-state index < -0.39 is 29.8 Å². The summed E-state index contributed by atoms with van der Waals surface area (Å²) in [6, 6.07) is -0.485. The number of aromatic nitrogens is 1. The number of thiazole rings is 1. The second kappa shape index (κ2) is 7.43. The molecule has 0 aliphatic rings. The highest BCUT2D eigenvalue weighted by Crippen LogP contribution is 2.29. The van der Waals surface area contributed by atoms with Crippen LogP contribution in [0.5, 0.6) is 0 Å². The number of hydrogen-bond donors (Lipinski definition) is 2. The van der Waals surface area contributed by atoms with Crippen LogP contribution in [0.4, 0.5) is 18.0 Å². The molecule has 0 fully saturated rings. The van der Waals surface area contributed by atoms with Crippen LogP contribution in [0.2, 0.25) is 0 Å². The summed E-state index contributed by atoms with van der Waals surface area (Å²) >= 11 is 0.877. The van der Waals surface area contributed by atoms with E-state index in [0.717, 1.165) is 16.7 Å². The van der Waals surface area contributed by atoms with Crippen LogP contribution in [-0.2, 0) is 17.4 Å². The van der Waals surface area contributed by atoms with Gasteiger partial charge in [0.1, 0.15) is 0 Å². The maximum Gasteiger partial charge on any atom is 0.434 e. The minimum absolute atomic E-state index is 0.0383. The Morgan fingerprint density at radius 2 is 2.14 bits per heavy atom. The van der Waals surface area contributed by atoms with Crippen molar-refractivity contribution in [2.45, 2.75) is 19.5 Å². The second-order valence-corrected chi connectivity index (χ2v) is 5.67. The number of rotatable bonds is 6. The molecule has 124 valence electrons. The molecule has 0 spiro atoms. The average Bonchev–Trinajstić information content (AvgIpc) is 2.87. The maximum absolute atomic E-state index is 12.4. The number of carboxylic acids is 1. The van der Waals surface area contributed by atoms with E-state index in [2.05, 4.69) is 10.3 Å². The van der Waals surface area contributed by atoms with E-state index in [-0.39, 0.29) is 24.5 Å². The third-order valence-electron chi connectivity index (χ3n) is 2.77. The minimum atomic E-state index is -4.47. The van der Waals surface area contributed by atoms with Crippen molar-refractivity contribution in [2.24, 2.45) is 5.92 Å². The topological polar surface area (TPSA) is 82.5 Å². The van der Waals surface area contributed by atoms with Gasteiger partial charge >= 0.3 is 18.2 Å². The molecule has 0 bridgehead atoms. The van der Waals surface area contributed by atoms with Gasteiger partial charge in [0, 0.05) is 31.9 Å². The number of hydrogen-bond acceptors (Lipinski definition) is 4. The van der Waals surface area contributed by atoms with E-state index in [1.165, 1.54) is 18.9 Å². The van der Waals surface area contributed by atoms with Crippen molar-refractivity contribution in [1.29, 1.82) is 0 Å². The van der Waals surface area contributed by atoms with Crippen molar-refractivity contribution in [3.63, 3.8) is 0 Å². The third-order valence-corrected chi connectivity index (χ3v) is 3.68. The number of urea groups is 1. The molecule has 2 amide bonds. The molecular weight excluding hydrogens is 323 g/mol. The molecule has 0 radical (unpaired) electrons. The zero-order valence-corrected chi connectivity index (χ0v) is 12.8. The van der Waals surface area contributed by atoms with Crippen LogP contribution in [0, 0.1) is 5.92 Å². The molecule has 0 saturated carbocycles. The molecule has 1 aromatic rings. The van der Waals surface area contributed by atoms with Gasteiger partial charge in [-0.1, -0.05) is 6.92 Å². The lowest BCUT2D eigenvalue weighted by Gasteiger charge is -2.19. The van der Waals surface area contributed by atoms with Gasteiger partial charge in [0.25, 0.3) is 0 Å². The zero-order valence-electron chi connectivity index (χ0n) is 12.0. The number of nitrogens with zero attached hydrogens (tertiary/aromatic N) is 2. The molecule has 0 aliphatic carbocycles. The highest BCUT2D eigenvalue weighted by molar-refractivity contribution is 7.09. The molecule has 1 rings (SSSR count). The van der Waals surface area contributed by atoms with Crippen molar-refractivity contribution < 1.29 is 27.9 Å². The van der Waals surface area contributed by atoms with E-state index >= 15 is 0 Å². The Hall–Kier alpha value is -1.84. The van der Waals surface area contributed by atoms with Crippen molar-refractivity contribution in [3.05, 3.63) is 16.1 Å². The lowest BCUT2D eigenvalue weighted by Crippen LogP contribution is -2.41. The van der Waals surface area contributed by atoms with Gasteiger partial charge < -0.3 is 15.3 Å². The van der Waals surface area contributed by atoms with Gasteiger partial charge in [0.05, 0.1) is 10.9 Å². The molecule has 0 saturated heterocycles. The molecule has 0 aliphatic heterocycles. The number of alkyl halides is 3. The Morgan fingerprint density at radius 1 is 1.50 bits per heavy atom. The van der Waals surface area contributed by atoms with Crippen LogP contribution >= 0.6 is 11.3 Å². The number of nitrogens with one attached hydrogen (secondary N) is 1. The summed E-state index contributed by atoms with van der Waals surface area (Å²) < 4.78 is 37.1. The summed E-state index contributed by atoms with van der Waals surface area (Å²) in [7, 11) is 1.44. The van der Waals surface area contributed by atoms with Crippen LogP contribution in [-0.4, -0.2) is 47.1 Å². The normalized spacial score (nSPS) is 12.8. The fourth-order valence-corrected chi connectivity index (χ4v) is 2.34. The Kier molecular flexibility index (Phi) is 6.15. The Balaban J connectivity index is 2.39. The minimum Gasteiger partial charge on any atom is -0.481 e. The first-order chi connectivity index (χ1) is 10.1. The maximum atomic E-state index is 12.4. The van der Waals surface area contributed by atoms with E-state index in [4.69, 9.17) is 5.11 Å². The van der Waals surface area contributed by atoms with Crippen molar-refractivity contribution >= 4 is 23.3 Å². The first-order valence-corrected chi connectivity index (χ1v) is 7.22. The van der Waals surface area contributed by atoms with E-state index in [1.54, 1.807) is 0 Å². The van der Waals surface area contributed by atoms with Gasteiger partial charge in [-0.2, -0.15) is 13.2 Å². The molecule has 1 aromatic heterocycles. The average molecular weight is 339 g/mol. The summed E-state index contributed by atoms with van der Waals surface area (Å²) in [5.74, 6) is -1.72. The summed E-state index contributed by atoms with van der Waals surface area (Å²) in [5.41, 5.74) is -0.939. The molecule has 6 nitrogen and oxygen atoms in total. The molecule has 2 N–H and O–H groups in total. The van der Waals surface area contributed by atoms with Crippen molar-refractivity contribution in [2.75, 3.05) is 20.1 Å². The summed E-state index contributed by atoms with van der Waals surface area (Å²) in [5, 5.41) is 12.5. The molecule has 1 unspecified atom stereocenters. The van der Waals surface area contributed by atoms with Crippen LogP contribution < -0.4 is 5.32 Å². The number of carboxylic acid groups (broad SMARTS) is 1. The molecule has 22 heavy (non-hydrogen) atoms. The van der Waals surface area contributed by atoms with E-state index in [9.17, 15) is 22.8 Å². The number of carbonyl (C=O) groups is 2. The second-order valence-electron chi connectivity index (χ2n) is 4.73. The first-order valence-electron chi connectivity index (χ1n) is 6.34. The molecule has 0 aromatic carbocycles. The van der Waals surface area contributed by atoms with Crippen molar-refractivity contribution in [1.82, 2.24) is 15.2 Å². The smallest absolute Gasteiger partial charge is 0.434 e. The van der Waals surface area contributed by atoms with Gasteiger partial charge in [-0.15, -0.1) is 11.3 Å². The number of carbonyl (C=O) groups excluding carboxylic acids is 1. The molecule has 10 heteroatoms. The van der Waals surface area contributed by atoms with Crippen LogP contribution in [0.15, 0.2) is 5.38 Å². The fourth-order valence-electron chi connectivity index (χ4n) is 1.54. The van der Waals surface area contributed by atoms with E-state index in [0.29, 0.717) is 0 Å². The summed E-state index contributed by atoms with van der Waals surface area (Å²) in [6.45, 7) is 1.63. The lowest BCUT2D eigenvalue weighted by atomic mass is 10.2. The predicted octanol–water partition coefficient (Wildman–Crippen LogP) is 2.07. The van der Waals surface area contributed by atoms with Gasteiger partial charge in [0.15, 0.2) is 5.69 Å². The Morgan fingerprint density at radius 3 is 2.64 bits per heavy atom. The van der Waals surface area contributed by atoms with Gasteiger partial charge in [-0.3, -0.25) is 4.79 Å². The lowest BCUT2D eigenvalue weighted by molar-refractivity contribution is -0.142. The quantitative estimate of drug-likeness (QED) is 0.831. The highest BCUT2D eigenvalue weighted by Gasteiger charge is 2.33. The standard InChI is InChI=1S/C12H16F3N3O3S/c1-7(10(19)20)5-18(2)11(21)16-4-3-9-17-8(6-22-9)12(13,14)15/h6-7H,3-5H2,1-2H3,(H,16,21)(H,19,20). The van der Waals surface area contributed by atoms with Gasteiger partial charge in [-0.25, -0.2) is 9.78 Å². The van der Waals surface area contributed by atoms with Crippen LogP contribution in [0.25, 0.3) is 0 Å². The largest absolute Gasteiger partial charge is 0.481 e. The molecular formula is C12H16F3N3O3S. The number of aliphatic carboxylic acids is 1. The van der Waals surface area contributed by atoms with Gasteiger partial charge in [0.2, 0.25) is 0 Å². The Bertz CT molecular complexity index is 533. The predicted molar refractivity (Wildman–Crippen MR) is 73.6 cm³/mol. The summed E-state index contributed by atoms with van der Waals surface area (Å²) in [4.78, 5) is 27.0. The third kappa shape index (κ3) is 5.51. The molecule has 1 atom stereocenters. The zero-order chi connectivity index (χ0) is 16.9. The Labute approximate surface area is 128 Å². The number of halogens is 3. The monoisotopic (exact) mass is 339 g/mol. The van der Waals surface area contributed by atoms with Crippen LogP contribution in [0.3, 0.4) is 0 Å². The van der Waals surface area contributed by atoms with E-state index in [1.807, 2.05) is 0 Å². The summed E-state index contributed by atoms with van der Waals surface area (Å²) in [6.07, 6.45) is -4.29.